The first-order valence-electron chi connectivity index (χ1n) is 5.60. The maximum Gasteiger partial charge on any atom is 0.147 e. The zero-order chi connectivity index (χ0) is 11.8. The second kappa shape index (κ2) is 3.63. The van der Waals surface area contributed by atoms with Crippen molar-refractivity contribution in [3.8, 4) is 17.5 Å². The van der Waals surface area contributed by atoms with Crippen LogP contribution in [-0.4, -0.2) is 14.9 Å². The normalized spacial score (nSPS) is 13.4. The largest absolute Gasteiger partial charge is 0.508 e. The molecule has 0 saturated heterocycles. The number of nitriles is 1. The fraction of sp³-hybridized carbons (Fsp3) is 0.231. The van der Waals surface area contributed by atoms with Gasteiger partial charge in [-0.15, -0.1) is 0 Å². The van der Waals surface area contributed by atoms with Crippen LogP contribution in [0.1, 0.15) is 23.4 Å². The molecule has 1 N–H and O–H groups in total. The van der Waals surface area contributed by atoms with Gasteiger partial charge in [0.1, 0.15) is 17.5 Å². The highest BCUT2D eigenvalue weighted by Crippen LogP contribution is 2.26. The van der Waals surface area contributed by atoms with Crippen LogP contribution in [0.25, 0.3) is 5.69 Å². The third-order valence-electron chi connectivity index (χ3n) is 3.11. The maximum atomic E-state index is 9.25. The van der Waals surface area contributed by atoms with Gasteiger partial charge >= 0.3 is 0 Å². The monoisotopic (exact) mass is 225 g/mol. The number of rotatable bonds is 1. The van der Waals surface area contributed by atoms with E-state index >= 15 is 0 Å². The Kier molecular flexibility index (Phi) is 2.12. The molecule has 84 valence electrons. The van der Waals surface area contributed by atoms with Gasteiger partial charge in [0.05, 0.1) is 11.4 Å². The van der Waals surface area contributed by atoms with E-state index in [2.05, 4.69) is 11.2 Å². The Balaban J connectivity index is 2.16. The average molecular weight is 225 g/mol. The third-order valence-corrected chi connectivity index (χ3v) is 3.11. The minimum atomic E-state index is 0.215. The van der Waals surface area contributed by atoms with Crippen molar-refractivity contribution in [2.45, 2.75) is 19.3 Å². The van der Waals surface area contributed by atoms with Crippen LogP contribution in [0.5, 0.6) is 5.75 Å². The minimum Gasteiger partial charge on any atom is -0.508 e. The summed E-state index contributed by atoms with van der Waals surface area (Å²) in [4.78, 5) is 0. The standard InChI is InChI=1S/C13H11N3O/c14-8-13-11-2-1-3-12(11)15-16(13)9-4-6-10(17)7-5-9/h4-7,17H,1-3H2. The molecule has 17 heavy (non-hydrogen) atoms. The van der Waals surface area contributed by atoms with Gasteiger partial charge < -0.3 is 5.11 Å². The summed E-state index contributed by atoms with van der Waals surface area (Å²) in [6.07, 6.45) is 2.98. The predicted octanol–water partition coefficient (Wildman–Crippen LogP) is 1.94. The van der Waals surface area contributed by atoms with E-state index in [1.807, 2.05) is 0 Å². The third kappa shape index (κ3) is 1.48. The molecule has 2 aromatic rings. The predicted molar refractivity (Wildman–Crippen MR) is 62.0 cm³/mol. The van der Waals surface area contributed by atoms with Gasteiger partial charge in [-0.2, -0.15) is 10.4 Å². The minimum absolute atomic E-state index is 0.215. The molecule has 0 fully saturated rings. The van der Waals surface area contributed by atoms with E-state index in [9.17, 15) is 10.4 Å². The van der Waals surface area contributed by atoms with Crippen molar-refractivity contribution < 1.29 is 5.11 Å². The zero-order valence-corrected chi connectivity index (χ0v) is 9.22. The summed E-state index contributed by atoms with van der Waals surface area (Å²) in [5, 5.41) is 23.0. The summed E-state index contributed by atoms with van der Waals surface area (Å²) in [5.41, 5.74) is 3.56. The molecule has 0 unspecified atom stereocenters. The molecule has 1 aromatic carbocycles. The number of benzene rings is 1. The highest BCUT2D eigenvalue weighted by atomic mass is 16.3. The van der Waals surface area contributed by atoms with Crippen LogP contribution in [0, 0.1) is 11.3 Å². The fourth-order valence-electron chi connectivity index (χ4n) is 2.29. The van der Waals surface area contributed by atoms with Crippen LogP contribution in [0.2, 0.25) is 0 Å². The number of phenols is 1. The topological polar surface area (TPSA) is 61.8 Å². The van der Waals surface area contributed by atoms with Crippen LogP contribution in [-0.2, 0) is 12.8 Å². The molecule has 1 heterocycles. The second-order valence-electron chi connectivity index (χ2n) is 4.17. The van der Waals surface area contributed by atoms with Gasteiger partial charge in [-0.25, -0.2) is 4.68 Å². The Morgan fingerprint density at radius 1 is 1.24 bits per heavy atom. The van der Waals surface area contributed by atoms with Crippen LogP contribution in [0.3, 0.4) is 0 Å². The van der Waals surface area contributed by atoms with Crippen LogP contribution in [0.15, 0.2) is 24.3 Å². The first kappa shape index (κ1) is 9.91. The van der Waals surface area contributed by atoms with Crippen molar-refractivity contribution in [1.82, 2.24) is 9.78 Å². The van der Waals surface area contributed by atoms with E-state index in [0.717, 1.165) is 36.2 Å². The van der Waals surface area contributed by atoms with E-state index in [-0.39, 0.29) is 5.75 Å². The molecule has 3 rings (SSSR count). The Hall–Kier alpha value is -2.28. The number of phenolic OH excluding ortho intramolecular Hbond substituents is 1. The van der Waals surface area contributed by atoms with E-state index in [1.165, 1.54) is 0 Å². The van der Waals surface area contributed by atoms with Crippen LogP contribution >= 0.6 is 0 Å². The lowest BCUT2D eigenvalue weighted by Gasteiger charge is -2.03. The smallest absolute Gasteiger partial charge is 0.147 e. The molecule has 0 amide bonds. The molecule has 0 bridgehead atoms. The lowest BCUT2D eigenvalue weighted by atomic mass is 10.2. The Morgan fingerprint density at radius 2 is 2.00 bits per heavy atom. The van der Waals surface area contributed by atoms with Gasteiger partial charge in [-0.3, -0.25) is 0 Å². The van der Waals surface area contributed by atoms with Crippen molar-refractivity contribution in [3.63, 3.8) is 0 Å². The van der Waals surface area contributed by atoms with E-state index in [0.29, 0.717) is 5.69 Å². The lowest BCUT2D eigenvalue weighted by Crippen LogP contribution is -2.01. The van der Waals surface area contributed by atoms with Crippen molar-refractivity contribution >= 4 is 0 Å². The summed E-state index contributed by atoms with van der Waals surface area (Å²) in [7, 11) is 0. The fourth-order valence-corrected chi connectivity index (χ4v) is 2.29. The number of hydrogen-bond acceptors (Lipinski definition) is 3. The summed E-state index contributed by atoms with van der Waals surface area (Å²) in [6, 6.07) is 8.95. The zero-order valence-electron chi connectivity index (χ0n) is 9.22. The van der Waals surface area contributed by atoms with E-state index in [4.69, 9.17) is 0 Å². The molecule has 4 nitrogen and oxygen atoms in total. The molecule has 0 spiro atoms. The molecule has 0 atom stereocenters. The number of fused-ring (bicyclic) bond motifs is 1. The summed E-state index contributed by atoms with van der Waals surface area (Å²) in [5.74, 6) is 0.215. The van der Waals surface area contributed by atoms with Crippen LogP contribution in [0.4, 0.5) is 0 Å². The Labute approximate surface area is 98.7 Å². The molecule has 1 aromatic heterocycles. The van der Waals surface area contributed by atoms with Gasteiger partial charge in [-0.1, -0.05) is 0 Å². The van der Waals surface area contributed by atoms with E-state index in [1.54, 1.807) is 28.9 Å². The van der Waals surface area contributed by atoms with Crippen molar-refractivity contribution in [2.24, 2.45) is 0 Å². The highest BCUT2D eigenvalue weighted by Gasteiger charge is 2.22. The van der Waals surface area contributed by atoms with Gasteiger partial charge in [0.2, 0.25) is 0 Å². The van der Waals surface area contributed by atoms with E-state index < -0.39 is 0 Å². The number of aryl methyl sites for hydroxylation is 1. The number of hydrogen-bond donors (Lipinski definition) is 1. The Bertz CT molecular complexity index is 605. The SMILES string of the molecule is N#Cc1c2c(nn1-c1ccc(O)cc1)CCC2. The van der Waals surface area contributed by atoms with Gasteiger partial charge in [-0.05, 0) is 43.5 Å². The van der Waals surface area contributed by atoms with Gasteiger partial charge in [0.15, 0.2) is 0 Å². The quantitative estimate of drug-likeness (QED) is 0.806. The van der Waals surface area contributed by atoms with Crippen molar-refractivity contribution in [1.29, 1.82) is 5.26 Å². The molecule has 4 heteroatoms. The van der Waals surface area contributed by atoms with Crippen LogP contribution < -0.4 is 0 Å². The maximum absolute atomic E-state index is 9.25. The van der Waals surface area contributed by atoms with Gasteiger partial charge in [0, 0.05) is 5.56 Å². The van der Waals surface area contributed by atoms with Gasteiger partial charge in [0.25, 0.3) is 0 Å². The molecule has 1 aliphatic carbocycles. The highest BCUT2D eigenvalue weighted by molar-refractivity contribution is 5.46. The first-order chi connectivity index (χ1) is 8.29. The summed E-state index contributed by atoms with van der Waals surface area (Å²) in [6.45, 7) is 0. The lowest BCUT2D eigenvalue weighted by molar-refractivity contribution is 0.475. The molecule has 0 radical (unpaired) electrons. The first-order valence-corrected chi connectivity index (χ1v) is 5.60. The average Bonchev–Trinajstić information content (AvgIpc) is 2.89. The molecule has 0 aliphatic heterocycles. The van der Waals surface area contributed by atoms with Crippen molar-refractivity contribution in [3.05, 3.63) is 41.2 Å². The second-order valence-corrected chi connectivity index (χ2v) is 4.17. The summed E-state index contributed by atoms with van der Waals surface area (Å²) >= 11 is 0. The number of nitrogens with zero attached hydrogens (tertiary/aromatic N) is 3. The molecule has 0 saturated carbocycles. The Morgan fingerprint density at radius 3 is 2.71 bits per heavy atom. The molecular formula is C13H11N3O. The molecule has 1 aliphatic rings. The number of aromatic hydroxyl groups is 1. The molecular weight excluding hydrogens is 214 g/mol. The summed E-state index contributed by atoms with van der Waals surface area (Å²) < 4.78 is 1.67. The van der Waals surface area contributed by atoms with Crippen molar-refractivity contribution in [2.75, 3.05) is 0 Å². The number of aromatic nitrogens is 2.